The molecule has 0 radical (unpaired) electrons. The van der Waals surface area contributed by atoms with Crippen molar-refractivity contribution < 1.29 is 14.3 Å². The second kappa shape index (κ2) is 6.14. The fourth-order valence-corrected chi connectivity index (χ4v) is 1.27. The van der Waals surface area contributed by atoms with Gasteiger partial charge in [0.1, 0.15) is 5.69 Å². The number of carbonyl (C=O) groups excluding carboxylic acids is 1. The molecule has 6 heteroatoms. The van der Waals surface area contributed by atoms with Gasteiger partial charge in [0.2, 0.25) is 0 Å². The van der Waals surface area contributed by atoms with E-state index in [9.17, 15) is 4.79 Å². The number of aromatic nitrogens is 2. The number of methoxy groups -OCH3 is 2. The first-order valence-electron chi connectivity index (χ1n) is 4.81. The highest BCUT2D eigenvalue weighted by molar-refractivity contribution is 5.92. The standard InChI is InChI=1S/C10H15N3O3/c1-7(10(15-2)16-3)13-9(14)8-6-11-4-5-12-8/h4-7,10H,1-3H3,(H,13,14). The number of ether oxygens (including phenoxy) is 2. The van der Waals surface area contributed by atoms with E-state index in [2.05, 4.69) is 15.3 Å². The van der Waals surface area contributed by atoms with Crippen LogP contribution in [-0.2, 0) is 9.47 Å². The van der Waals surface area contributed by atoms with E-state index < -0.39 is 6.29 Å². The summed E-state index contributed by atoms with van der Waals surface area (Å²) in [4.78, 5) is 19.4. The number of nitrogens with one attached hydrogen (secondary N) is 1. The van der Waals surface area contributed by atoms with Crippen LogP contribution < -0.4 is 5.32 Å². The summed E-state index contributed by atoms with van der Waals surface area (Å²) in [5, 5.41) is 2.71. The van der Waals surface area contributed by atoms with E-state index in [-0.39, 0.29) is 17.6 Å². The molecule has 1 amide bonds. The van der Waals surface area contributed by atoms with Gasteiger partial charge in [0.25, 0.3) is 5.91 Å². The van der Waals surface area contributed by atoms with Crippen LogP contribution >= 0.6 is 0 Å². The largest absolute Gasteiger partial charge is 0.354 e. The molecule has 0 fully saturated rings. The van der Waals surface area contributed by atoms with Crippen molar-refractivity contribution in [3.8, 4) is 0 Å². The molecule has 0 bridgehead atoms. The highest BCUT2D eigenvalue weighted by Gasteiger charge is 2.19. The normalized spacial score (nSPS) is 12.5. The highest BCUT2D eigenvalue weighted by atomic mass is 16.7. The van der Waals surface area contributed by atoms with Crippen molar-refractivity contribution in [1.29, 1.82) is 0 Å². The Morgan fingerprint density at radius 2 is 2.06 bits per heavy atom. The van der Waals surface area contributed by atoms with E-state index in [4.69, 9.17) is 9.47 Å². The summed E-state index contributed by atoms with van der Waals surface area (Å²) < 4.78 is 10.1. The van der Waals surface area contributed by atoms with Crippen molar-refractivity contribution in [3.05, 3.63) is 24.3 Å². The Hall–Kier alpha value is -1.53. The third-order valence-electron chi connectivity index (χ3n) is 2.03. The molecule has 0 aliphatic carbocycles. The summed E-state index contributed by atoms with van der Waals surface area (Å²) in [6.45, 7) is 1.78. The van der Waals surface area contributed by atoms with Crippen molar-refractivity contribution in [2.45, 2.75) is 19.3 Å². The van der Waals surface area contributed by atoms with Gasteiger partial charge < -0.3 is 14.8 Å². The Balaban J connectivity index is 2.58. The van der Waals surface area contributed by atoms with Crippen LogP contribution in [0.15, 0.2) is 18.6 Å². The first-order valence-corrected chi connectivity index (χ1v) is 4.81. The molecule has 0 saturated carbocycles. The molecule has 6 nitrogen and oxygen atoms in total. The van der Waals surface area contributed by atoms with Crippen molar-refractivity contribution in [2.24, 2.45) is 0 Å². The first kappa shape index (κ1) is 12.5. The van der Waals surface area contributed by atoms with Gasteiger partial charge in [-0.15, -0.1) is 0 Å². The lowest BCUT2D eigenvalue weighted by molar-refractivity contribution is -0.117. The number of nitrogens with zero attached hydrogens (tertiary/aromatic N) is 2. The van der Waals surface area contributed by atoms with Crippen LogP contribution in [-0.4, -0.2) is 42.4 Å². The van der Waals surface area contributed by atoms with E-state index in [1.807, 2.05) is 0 Å². The SMILES string of the molecule is COC(OC)C(C)NC(=O)c1cnccn1. The zero-order valence-electron chi connectivity index (χ0n) is 9.51. The van der Waals surface area contributed by atoms with Crippen LogP contribution in [0.3, 0.4) is 0 Å². The van der Waals surface area contributed by atoms with Crippen molar-refractivity contribution in [2.75, 3.05) is 14.2 Å². The molecule has 0 aliphatic heterocycles. The summed E-state index contributed by atoms with van der Waals surface area (Å²) in [6, 6.07) is -0.274. The second-order valence-electron chi connectivity index (χ2n) is 3.19. The minimum Gasteiger partial charge on any atom is -0.354 e. The topological polar surface area (TPSA) is 73.3 Å². The van der Waals surface area contributed by atoms with E-state index in [1.165, 1.54) is 32.8 Å². The molecule has 1 aromatic rings. The zero-order chi connectivity index (χ0) is 12.0. The van der Waals surface area contributed by atoms with Crippen LogP contribution in [0.4, 0.5) is 0 Å². The Morgan fingerprint density at radius 1 is 1.38 bits per heavy atom. The molecule has 16 heavy (non-hydrogen) atoms. The van der Waals surface area contributed by atoms with E-state index in [0.29, 0.717) is 0 Å². The average Bonchev–Trinajstić information content (AvgIpc) is 2.31. The lowest BCUT2D eigenvalue weighted by atomic mass is 10.3. The van der Waals surface area contributed by atoms with E-state index in [1.54, 1.807) is 6.92 Å². The molecule has 0 aromatic carbocycles. The van der Waals surface area contributed by atoms with Crippen LogP contribution in [0.5, 0.6) is 0 Å². The van der Waals surface area contributed by atoms with Crippen molar-refractivity contribution in [1.82, 2.24) is 15.3 Å². The summed E-state index contributed by atoms with van der Waals surface area (Å²) in [5.41, 5.74) is 0.264. The van der Waals surface area contributed by atoms with Gasteiger partial charge in [0.15, 0.2) is 6.29 Å². The highest BCUT2D eigenvalue weighted by Crippen LogP contribution is 2.00. The molecular weight excluding hydrogens is 210 g/mol. The third-order valence-corrected chi connectivity index (χ3v) is 2.03. The Kier molecular flexibility index (Phi) is 4.81. The summed E-state index contributed by atoms with van der Waals surface area (Å²) in [5.74, 6) is -0.306. The van der Waals surface area contributed by atoms with Gasteiger partial charge in [-0.3, -0.25) is 9.78 Å². The Labute approximate surface area is 94.0 Å². The van der Waals surface area contributed by atoms with E-state index >= 15 is 0 Å². The van der Waals surface area contributed by atoms with Crippen LogP contribution in [0.1, 0.15) is 17.4 Å². The van der Waals surface area contributed by atoms with E-state index in [0.717, 1.165) is 0 Å². The van der Waals surface area contributed by atoms with Crippen LogP contribution in [0.25, 0.3) is 0 Å². The quantitative estimate of drug-likeness (QED) is 0.725. The molecule has 1 unspecified atom stereocenters. The fourth-order valence-electron chi connectivity index (χ4n) is 1.27. The molecule has 0 saturated heterocycles. The summed E-state index contributed by atoms with van der Waals surface area (Å²) in [7, 11) is 3.03. The predicted octanol–water partition coefficient (Wildman–Crippen LogP) is 0.214. The molecule has 0 spiro atoms. The number of hydrogen-bond donors (Lipinski definition) is 1. The van der Waals surface area contributed by atoms with Crippen molar-refractivity contribution in [3.63, 3.8) is 0 Å². The van der Waals surface area contributed by atoms with Gasteiger partial charge in [-0.25, -0.2) is 4.98 Å². The third kappa shape index (κ3) is 3.25. The Morgan fingerprint density at radius 3 is 2.56 bits per heavy atom. The van der Waals surface area contributed by atoms with Gasteiger partial charge in [-0.2, -0.15) is 0 Å². The molecule has 88 valence electrons. The first-order chi connectivity index (χ1) is 7.69. The molecular formula is C10H15N3O3. The van der Waals surface area contributed by atoms with Gasteiger partial charge in [0.05, 0.1) is 12.2 Å². The minimum absolute atomic E-state index is 0.264. The van der Waals surface area contributed by atoms with Crippen LogP contribution in [0.2, 0.25) is 0 Å². The molecule has 1 aromatic heterocycles. The minimum atomic E-state index is -0.486. The van der Waals surface area contributed by atoms with Gasteiger partial charge in [0, 0.05) is 26.6 Å². The van der Waals surface area contributed by atoms with Gasteiger partial charge in [-0.1, -0.05) is 0 Å². The fraction of sp³-hybridized carbons (Fsp3) is 0.500. The second-order valence-corrected chi connectivity index (χ2v) is 3.19. The lowest BCUT2D eigenvalue weighted by Gasteiger charge is -2.21. The molecule has 1 atom stereocenters. The number of rotatable bonds is 5. The predicted molar refractivity (Wildman–Crippen MR) is 56.8 cm³/mol. The number of carbonyl (C=O) groups is 1. The average molecular weight is 225 g/mol. The smallest absolute Gasteiger partial charge is 0.271 e. The maximum Gasteiger partial charge on any atom is 0.271 e. The Bertz CT molecular complexity index is 327. The van der Waals surface area contributed by atoms with Crippen molar-refractivity contribution >= 4 is 5.91 Å². The number of amides is 1. The molecule has 0 aliphatic rings. The monoisotopic (exact) mass is 225 g/mol. The molecule has 1 heterocycles. The maximum atomic E-state index is 11.7. The summed E-state index contributed by atoms with van der Waals surface area (Å²) >= 11 is 0. The summed E-state index contributed by atoms with van der Waals surface area (Å²) in [6.07, 6.45) is 3.88. The molecule has 1 rings (SSSR count). The number of hydrogen-bond acceptors (Lipinski definition) is 5. The maximum absolute atomic E-state index is 11.7. The van der Waals surface area contributed by atoms with Gasteiger partial charge >= 0.3 is 0 Å². The zero-order valence-corrected chi connectivity index (χ0v) is 9.51. The van der Waals surface area contributed by atoms with Crippen LogP contribution in [0, 0.1) is 0 Å². The molecule has 1 N–H and O–H groups in total. The van der Waals surface area contributed by atoms with Gasteiger partial charge in [-0.05, 0) is 6.92 Å². The lowest BCUT2D eigenvalue weighted by Crippen LogP contribution is -2.43.